The molecule has 1 aromatic rings. The molecule has 0 aliphatic rings. The molecule has 1 rings (SSSR count). The second-order valence-corrected chi connectivity index (χ2v) is 3.44. The van der Waals surface area contributed by atoms with Crippen molar-refractivity contribution in [1.82, 2.24) is 4.90 Å². The smallest absolute Gasteiger partial charge is 0.356 e. The molecule has 0 fully saturated rings. The van der Waals surface area contributed by atoms with Crippen molar-refractivity contribution in [3.8, 4) is 0 Å². The summed E-state index contributed by atoms with van der Waals surface area (Å²) in [7, 11) is 2.32. The Morgan fingerprint density at radius 3 is 2.44 bits per heavy atom. The number of nitrogens with zero attached hydrogens (tertiary/aromatic N) is 1. The number of aliphatic hydroxyl groups excluding tert-OH is 1. The Labute approximate surface area is 103 Å². The second-order valence-electron chi connectivity index (χ2n) is 3.44. The van der Waals surface area contributed by atoms with Gasteiger partial charge in [0, 0.05) is 12.7 Å². The van der Waals surface area contributed by atoms with E-state index >= 15 is 0 Å². The zero-order valence-electron chi connectivity index (χ0n) is 9.88. The molecule has 2 N–H and O–H groups in total. The number of nitrogens with one attached hydrogen (secondary N) is 1. The van der Waals surface area contributed by atoms with Gasteiger partial charge in [0.25, 0.3) is 0 Å². The minimum absolute atomic E-state index is 0.338. The number of rotatable bonds is 3. The number of esters is 1. The Hall–Kier alpha value is -2.15. The average Bonchev–Trinajstić information content (AvgIpc) is 2.38. The third kappa shape index (κ3) is 3.42. The van der Waals surface area contributed by atoms with Crippen LogP contribution in [0, 0.1) is 5.82 Å². The quantitative estimate of drug-likeness (QED) is 0.618. The largest absolute Gasteiger partial charge is 0.466 e. The summed E-state index contributed by atoms with van der Waals surface area (Å²) >= 11 is 0. The molecule has 0 spiro atoms. The molecule has 0 saturated heterocycles. The molecule has 1 unspecified atom stereocenters. The van der Waals surface area contributed by atoms with Crippen LogP contribution in [0.5, 0.6) is 0 Å². The van der Waals surface area contributed by atoms with Crippen LogP contribution in [0.4, 0.5) is 14.9 Å². The van der Waals surface area contributed by atoms with Crippen LogP contribution in [-0.2, 0) is 9.53 Å². The number of ether oxygens (including phenoxy) is 1. The summed E-state index contributed by atoms with van der Waals surface area (Å²) in [6.07, 6.45) is -1.70. The maximum atomic E-state index is 12.6. The highest BCUT2D eigenvalue weighted by atomic mass is 19.1. The van der Waals surface area contributed by atoms with E-state index in [1.807, 2.05) is 0 Å². The molecule has 6 nitrogen and oxygen atoms in total. The zero-order chi connectivity index (χ0) is 13.7. The van der Waals surface area contributed by atoms with Crippen molar-refractivity contribution < 1.29 is 23.8 Å². The lowest BCUT2D eigenvalue weighted by atomic mass is 10.3. The Balaban J connectivity index is 2.65. The minimum Gasteiger partial charge on any atom is -0.466 e. The molecule has 0 aliphatic carbocycles. The average molecular weight is 256 g/mol. The fourth-order valence-corrected chi connectivity index (χ4v) is 1.12. The van der Waals surface area contributed by atoms with Gasteiger partial charge < -0.3 is 15.2 Å². The van der Waals surface area contributed by atoms with Gasteiger partial charge in [-0.15, -0.1) is 0 Å². The van der Waals surface area contributed by atoms with Crippen LogP contribution in [-0.4, -0.2) is 42.4 Å². The number of carbonyl (C=O) groups excluding carboxylic acids is 2. The highest BCUT2D eigenvalue weighted by Crippen LogP contribution is 2.09. The fourth-order valence-electron chi connectivity index (χ4n) is 1.12. The van der Waals surface area contributed by atoms with E-state index < -0.39 is 24.0 Å². The molecule has 0 aliphatic heterocycles. The Morgan fingerprint density at radius 2 is 1.94 bits per heavy atom. The van der Waals surface area contributed by atoms with E-state index in [1.54, 1.807) is 0 Å². The summed E-state index contributed by atoms with van der Waals surface area (Å²) in [5, 5.41) is 11.8. The normalized spacial score (nSPS) is 11.6. The first kappa shape index (κ1) is 13.9. The lowest BCUT2D eigenvalue weighted by molar-refractivity contribution is -0.157. The number of anilines is 1. The minimum atomic E-state index is -1.70. The monoisotopic (exact) mass is 256 g/mol. The van der Waals surface area contributed by atoms with Gasteiger partial charge in [-0.2, -0.15) is 0 Å². The van der Waals surface area contributed by atoms with Gasteiger partial charge in [-0.05, 0) is 24.3 Å². The first-order valence-electron chi connectivity index (χ1n) is 5.01. The van der Waals surface area contributed by atoms with Crippen molar-refractivity contribution in [2.24, 2.45) is 0 Å². The number of benzene rings is 1. The van der Waals surface area contributed by atoms with Crippen LogP contribution in [0.2, 0.25) is 0 Å². The highest BCUT2D eigenvalue weighted by molar-refractivity contribution is 5.91. The summed E-state index contributed by atoms with van der Waals surface area (Å²) in [6, 6.07) is 4.33. The van der Waals surface area contributed by atoms with Gasteiger partial charge in [0.15, 0.2) is 0 Å². The lowest BCUT2D eigenvalue weighted by Crippen LogP contribution is -2.44. The van der Waals surface area contributed by atoms with Gasteiger partial charge >= 0.3 is 12.0 Å². The fraction of sp³-hybridized carbons (Fsp3) is 0.273. The van der Waals surface area contributed by atoms with E-state index in [2.05, 4.69) is 10.1 Å². The Bertz CT molecular complexity index is 435. The van der Waals surface area contributed by atoms with Crippen molar-refractivity contribution in [2.45, 2.75) is 6.23 Å². The van der Waals surface area contributed by atoms with Crippen LogP contribution >= 0.6 is 0 Å². The number of hydrogen-bond acceptors (Lipinski definition) is 4. The highest BCUT2D eigenvalue weighted by Gasteiger charge is 2.25. The number of methoxy groups -OCH3 is 1. The van der Waals surface area contributed by atoms with E-state index in [-0.39, 0.29) is 0 Å². The van der Waals surface area contributed by atoms with E-state index in [9.17, 15) is 19.1 Å². The van der Waals surface area contributed by atoms with Gasteiger partial charge in [0.05, 0.1) is 7.11 Å². The molecule has 98 valence electrons. The van der Waals surface area contributed by atoms with Crippen LogP contribution in [0.1, 0.15) is 0 Å². The number of amides is 2. The lowest BCUT2D eigenvalue weighted by Gasteiger charge is -2.21. The van der Waals surface area contributed by atoms with E-state index in [0.29, 0.717) is 5.69 Å². The molecule has 1 aromatic carbocycles. The number of likely N-dealkylation sites (N-methyl/N-ethyl adjacent to an activating group) is 1. The summed E-state index contributed by atoms with van der Waals surface area (Å²) in [6.45, 7) is 0. The van der Waals surface area contributed by atoms with Crippen LogP contribution < -0.4 is 5.32 Å². The summed E-state index contributed by atoms with van der Waals surface area (Å²) in [4.78, 5) is 23.4. The molecule has 0 bridgehead atoms. The van der Waals surface area contributed by atoms with Gasteiger partial charge in [0.1, 0.15) is 5.82 Å². The van der Waals surface area contributed by atoms with Crippen molar-refractivity contribution in [3.63, 3.8) is 0 Å². The molecule has 2 amide bonds. The third-order valence-electron chi connectivity index (χ3n) is 2.19. The molecule has 1 atom stereocenters. The van der Waals surface area contributed by atoms with Crippen LogP contribution in [0.15, 0.2) is 24.3 Å². The molecule has 18 heavy (non-hydrogen) atoms. The van der Waals surface area contributed by atoms with Gasteiger partial charge in [-0.25, -0.2) is 14.0 Å². The summed E-state index contributed by atoms with van der Waals surface area (Å²) < 4.78 is 16.9. The Kier molecular flexibility index (Phi) is 4.61. The molecule has 0 heterocycles. The number of halogens is 1. The molecule has 0 radical (unpaired) electrons. The van der Waals surface area contributed by atoms with Crippen molar-refractivity contribution >= 4 is 17.7 Å². The van der Waals surface area contributed by atoms with Crippen LogP contribution in [0.3, 0.4) is 0 Å². The summed E-state index contributed by atoms with van der Waals surface area (Å²) in [5.41, 5.74) is 0.338. The van der Waals surface area contributed by atoms with Gasteiger partial charge in [-0.3, -0.25) is 4.90 Å². The zero-order valence-corrected chi connectivity index (χ0v) is 9.88. The predicted molar refractivity (Wildman–Crippen MR) is 61.2 cm³/mol. The number of carbonyl (C=O) groups is 2. The topological polar surface area (TPSA) is 78.9 Å². The summed E-state index contributed by atoms with van der Waals surface area (Å²) in [5.74, 6) is -1.39. The molecular weight excluding hydrogens is 243 g/mol. The predicted octanol–water partition coefficient (Wildman–Crippen LogP) is 0.781. The number of hydrogen-bond donors (Lipinski definition) is 2. The first-order valence-corrected chi connectivity index (χ1v) is 5.01. The van der Waals surface area contributed by atoms with E-state index in [1.165, 1.54) is 31.3 Å². The third-order valence-corrected chi connectivity index (χ3v) is 2.19. The van der Waals surface area contributed by atoms with Crippen LogP contribution in [0.25, 0.3) is 0 Å². The van der Waals surface area contributed by atoms with Gasteiger partial charge in [-0.1, -0.05) is 0 Å². The van der Waals surface area contributed by atoms with Crippen molar-refractivity contribution in [3.05, 3.63) is 30.1 Å². The SMILES string of the molecule is COC(=O)C(O)N(C)C(=O)Nc1ccc(F)cc1. The molecule has 0 saturated carbocycles. The van der Waals surface area contributed by atoms with E-state index in [4.69, 9.17) is 0 Å². The van der Waals surface area contributed by atoms with Gasteiger partial charge in [0.2, 0.25) is 6.23 Å². The number of aliphatic hydroxyl groups is 1. The van der Waals surface area contributed by atoms with Crippen molar-refractivity contribution in [2.75, 3.05) is 19.5 Å². The standard InChI is InChI=1S/C11H13FN2O4/c1-14(9(15)10(16)18-2)11(17)13-8-5-3-7(12)4-6-8/h3-6,9,15H,1-2H3,(H,13,17). The molecule has 7 heteroatoms. The maximum Gasteiger partial charge on any atom is 0.356 e. The molecular formula is C11H13FN2O4. The Morgan fingerprint density at radius 1 is 1.39 bits per heavy atom. The first-order chi connectivity index (χ1) is 8.45. The second kappa shape index (κ2) is 5.97. The molecule has 0 aromatic heterocycles. The van der Waals surface area contributed by atoms with Crippen molar-refractivity contribution in [1.29, 1.82) is 0 Å². The number of urea groups is 1. The maximum absolute atomic E-state index is 12.6. The van der Waals surface area contributed by atoms with E-state index in [0.717, 1.165) is 12.0 Å².